The summed E-state index contributed by atoms with van der Waals surface area (Å²) in [4.78, 5) is 17.5. The first-order valence-electron chi connectivity index (χ1n) is 12.6. The maximum Gasteiger partial charge on any atom is 0.193 e. The Morgan fingerprint density at radius 2 is 1.84 bits per heavy atom. The molecule has 4 heterocycles. The number of nitrogens with one attached hydrogen (secondary N) is 1. The van der Waals surface area contributed by atoms with Crippen LogP contribution in [0.1, 0.15) is 56.2 Å². The van der Waals surface area contributed by atoms with E-state index in [2.05, 4.69) is 44.2 Å². The summed E-state index contributed by atoms with van der Waals surface area (Å²) in [5, 5.41) is 6.96. The van der Waals surface area contributed by atoms with Crippen molar-refractivity contribution in [1.82, 2.24) is 25.0 Å². The molecule has 1 aromatic rings. The maximum atomic E-state index is 5.10. The van der Waals surface area contributed by atoms with Crippen LogP contribution < -0.4 is 5.32 Å². The predicted molar refractivity (Wildman–Crippen MR) is 131 cm³/mol. The van der Waals surface area contributed by atoms with Crippen LogP contribution >= 0.6 is 11.3 Å². The Balaban J connectivity index is 1.22. The lowest BCUT2D eigenvalue weighted by atomic mass is 9.97. The summed E-state index contributed by atoms with van der Waals surface area (Å²) >= 11 is 1.76. The minimum atomic E-state index is 0.717. The lowest BCUT2D eigenvalue weighted by Crippen LogP contribution is -2.42. The second kappa shape index (κ2) is 11.6. The first-order chi connectivity index (χ1) is 15.2. The highest BCUT2D eigenvalue weighted by molar-refractivity contribution is 7.09. The molecule has 31 heavy (non-hydrogen) atoms. The molecule has 4 rings (SSSR count). The molecule has 0 radical (unpaired) electrons. The number of aryl methyl sites for hydroxylation is 1. The Labute approximate surface area is 193 Å². The molecule has 1 N–H and O–H groups in total. The van der Waals surface area contributed by atoms with Crippen molar-refractivity contribution < 1.29 is 0 Å². The van der Waals surface area contributed by atoms with Gasteiger partial charge in [-0.2, -0.15) is 0 Å². The number of hydrogen-bond acceptors (Lipinski definition) is 5. The second-order valence-corrected chi connectivity index (χ2v) is 10.8. The molecule has 3 aliphatic heterocycles. The van der Waals surface area contributed by atoms with E-state index >= 15 is 0 Å². The lowest BCUT2D eigenvalue weighted by Gasteiger charge is -2.31. The summed E-state index contributed by atoms with van der Waals surface area (Å²) < 4.78 is 0. The van der Waals surface area contributed by atoms with Crippen LogP contribution in [0, 0.1) is 18.8 Å². The zero-order valence-electron chi connectivity index (χ0n) is 19.7. The van der Waals surface area contributed by atoms with Gasteiger partial charge in [-0.3, -0.25) is 9.89 Å². The van der Waals surface area contributed by atoms with Gasteiger partial charge >= 0.3 is 0 Å². The quantitative estimate of drug-likeness (QED) is 0.514. The van der Waals surface area contributed by atoms with Gasteiger partial charge in [-0.25, -0.2) is 4.98 Å². The Hall–Kier alpha value is -1.18. The number of nitrogens with zero attached hydrogens (tertiary/aromatic N) is 5. The molecule has 7 heteroatoms. The Bertz CT molecular complexity index is 690. The molecule has 0 aromatic carbocycles. The minimum absolute atomic E-state index is 0.717. The van der Waals surface area contributed by atoms with Crippen LogP contribution in [0.15, 0.2) is 10.4 Å². The third-order valence-corrected chi connectivity index (χ3v) is 7.97. The standard InChI is InChI=1S/C24H42N6S/c1-3-25-24(30-14-9-22(17-30)16-28-10-5-4-6-11-28)26-15-21-7-12-29(13-8-21)18-23-19-31-20(2)27-23/h19,21-22H,3-18H2,1-2H3,(H,25,26). The third-order valence-electron chi connectivity index (χ3n) is 7.14. The van der Waals surface area contributed by atoms with Crippen LogP contribution in [0.5, 0.6) is 0 Å². The van der Waals surface area contributed by atoms with Crippen LogP contribution in [-0.4, -0.2) is 84.5 Å². The minimum Gasteiger partial charge on any atom is -0.357 e. The number of thiazole rings is 1. The molecule has 6 nitrogen and oxygen atoms in total. The number of aromatic nitrogens is 1. The van der Waals surface area contributed by atoms with Crippen LogP contribution in [0.25, 0.3) is 0 Å². The van der Waals surface area contributed by atoms with Gasteiger partial charge in [0.05, 0.1) is 10.7 Å². The van der Waals surface area contributed by atoms with Gasteiger partial charge in [-0.05, 0) is 84.0 Å². The SMILES string of the molecule is CCNC(=NCC1CCN(Cc2csc(C)n2)CC1)N1CCC(CN2CCCCC2)C1. The summed E-state index contributed by atoms with van der Waals surface area (Å²) in [6, 6.07) is 0. The summed E-state index contributed by atoms with van der Waals surface area (Å²) in [7, 11) is 0. The van der Waals surface area contributed by atoms with Crippen molar-refractivity contribution in [2.45, 2.75) is 58.9 Å². The number of aliphatic imine (C=N–C) groups is 1. The molecule has 0 bridgehead atoms. The van der Waals surface area contributed by atoms with Crippen LogP contribution in [-0.2, 0) is 6.54 Å². The van der Waals surface area contributed by atoms with Crippen LogP contribution in [0.2, 0.25) is 0 Å². The molecule has 3 aliphatic rings. The number of piperidine rings is 2. The number of rotatable bonds is 7. The van der Waals surface area contributed by atoms with Crippen LogP contribution in [0.3, 0.4) is 0 Å². The van der Waals surface area contributed by atoms with Gasteiger partial charge in [0.1, 0.15) is 0 Å². The predicted octanol–water partition coefficient (Wildman–Crippen LogP) is 3.44. The normalized spacial score (nSPS) is 24.8. The summed E-state index contributed by atoms with van der Waals surface area (Å²) in [5.74, 6) is 2.68. The van der Waals surface area contributed by atoms with E-state index in [0.717, 1.165) is 38.1 Å². The molecule has 174 valence electrons. The number of hydrogen-bond donors (Lipinski definition) is 1. The topological polar surface area (TPSA) is 47.0 Å². The maximum absolute atomic E-state index is 5.10. The summed E-state index contributed by atoms with van der Waals surface area (Å²) in [5.41, 5.74) is 1.24. The molecular formula is C24H42N6S. The monoisotopic (exact) mass is 446 g/mol. The van der Waals surface area contributed by atoms with Crippen molar-refractivity contribution in [2.75, 3.05) is 58.9 Å². The van der Waals surface area contributed by atoms with E-state index in [-0.39, 0.29) is 0 Å². The van der Waals surface area contributed by atoms with Gasteiger partial charge in [0, 0.05) is 44.6 Å². The van der Waals surface area contributed by atoms with E-state index in [9.17, 15) is 0 Å². The highest BCUT2D eigenvalue weighted by Crippen LogP contribution is 2.22. The first-order valence-corrected chi connectivity index (χ1v) is 13.5. The summed E-state index contributed by atoms with van der Waals surface area (Å²) in [6.45, 7) is 15.8. The van der Waals surface area contributed by atoms with E-state index < -0.39 is 0 Å². The van der Waals surface area contributed by atoms with Gasteiger partial charge in [0.2, 0.25) is 0 Å². The molecule has 1 atom stereocenters. The van der Waals surface area contributed by atoms with Crippen molar-refractivity contribution in [3.63, 3.8) is 0 Å². The zero-order chi connectivity index (χ0) is 21.5. The van der Waals surface area contributed by atoms with Crippen molar-refractivity contribution >= 4 is 17.3 Å². The number of likely N-dealkylation sites (tertiary alicyclic amines) is 3. The van der Waals surface area contributed by atoms with Crippen molar-refractivity contribution in [2.24, 2.45) is 16.8 Å². The fraction of sp³-hybridized carbons (Fsp3) is 0.833. The zero-order valence-corrected chi connectivity index (χ0v) is 20.5. The highest BCUT2D eigenvalue weighted by atomic mass is 32.1. The van der Waals surface area contributed by atoms with E-state index in [1.54, 1.807) is 11.3 Å². The average Bonchev–Trinajstić information content (AvgIpc) is 3.42. The highest BCUT2D eigenvalue weighted by Gasteiger charge is 2.27. The van der Waals surface area contributed by atoms with Gasteiger partial charge in [-0.1, -0.05) is 6.42 Å². The average molecular weight is 447 g/mol. The summed E-state index contributed by atoms with van der Waals surface area (Å²) in [6.07, 6.45) is 8.03. The van der Waals surface area contributed by atoms with Crippen molar-refractivity contribution in [3.8, 4) is 0 Å². The molecule has 0 amide bonds. The van der Waals surface area contributed by atoms with Crippen molar-refractivity contribution in [1.29, 1.82) is 0 Å². The molecule has 0 spiro atoms. The Kier molecular flexibility index (Phi) is 8.62. The van der Waals surface area contributed by atoms with Crippen molar-refractivity contribution in [3.05, 3.63) is 16.1 Å². The fourth-order valence-electron chi connectivity index (χ4n) is 5.36. The molecule has 3 fully saturated rings. The van der Waals surface area contributed by atoms with Gasteiger partial charge in [-0.15, -0.1) is 11.3 Å². The first kappa shape index (κ1) is 23.0. The Morgan fingerprint density at radius 1 is 1.06 bits per heavy atom. The largest absolute Gasteiger partial charge is 0.357 e. The second-order valence-electron chi connectivity index (χ2n) is 9.73. The van der Waals surface area contributed by atoms with Gasteiger partial charge < -0.3 is 15.1 Å². The Morgan fingerprint density at radius 3 is 2.55 bits per heavy atom. The molecule has 1 aromatic heterocycles. The van der Waals surface area contributed by atoms with Gasteiger partial charge in [0.25, 0.3) is 0 Å². The molecular weight excluding hydrogens is 404 g/mol. The molecule has 1 unspecified atom stereocenters. The fourth-order valence-corrected chi connectivity index (χ4v) is 5.96. The number of guanidine groups is 1. The lowest BCUT2D eigenvalue weighted by molar-refractivity contribution is 0.179. The molecule has 0 saturated carbocycles. The van der Waals surface area contributed by atoms with E-state index in [0.29, 0.717) is 5.92 Å². The third kappa shape index (κ3) is 6.90. The van der Waals surface area contributed by atoms with E-state index in [4.69, 9.17) is 4.99 Å². The van der Waals surface area contributed by atoms with E-state index in [1.165, 1.54) is 88.5 Å². The van der Waals surface area contributed by atoms with Gasteiger partial charge in [0.15, 0.2) is 5.96 Å². The molecule has 0 aliphatic carbocycles. The van der Waals surface area contributed by atoms with Crippen LogP contribution in [0.4, 0.5) is 0 Å². The molecule has 3 saturated heterocycles. The smallest absolute Gasteiger partial charge is 0.193 e. The van der Waals surface area contributed by atoms with E-state index in [1.807, 2.05) is 0 Å².